The fourth-order valence-corrected chi connectivity index (χ4v) is 1.99. The van der Waals surface area contributed by atoms with Crippen molar-refractivity contribution in [3.8, 4) is 0 Å². The van der Waals surface area contributed by atoms with Crippen molar-refractivity contribution < 1.29 is 18.3 Å². The van der Waals surface area contributed by atoms with Crippen LogP contribution in [0.5, 0.6) is 0 Å². The maximum absolute atomic E-state index is 12.0. The number of alkyl halides is 3. The number of hydrogen-bond acceptors (Lipinski definition) is 2. The smallest absolute Gasteiger partial charge is 0.389 e. The van der Waals surface area contributed by atoms with Crippen LogP contribution >= 0.6 is 0 Å². The Morgan fingerprint density at radius 2 is 1.75 bits per heavy atom. The molecule has 0 spiro atoms. The van der Waals surface area contributed by atoms with Crippen LogP contribution in [-0.2, 0) is 0 Å². The maximum Gasteiger partial charge on any atom is 0.389 e. The highest BCUT2D eigenvalue weighted by molar-refractivity contribution is 4.80. The van der Waals surface area contributed by atoms with Crippen molar-refractivity contribution in [2.24, 2.45) is 0 Å². The van der Waals surface area contributed by atoms with Crippen molar-refractivity contribution in [3.05, 3.63) is 0 Å². The van der Waals surface area contributed by atoms with Crippen LogP contribution in [0.4, 0.5) is 13.2 Å². The number of nitrogens with zero attached hydrogens (tertiary/aromatic N) is 1. The zero-order valence-corrected chi connectivity index (χ0v) is 9.47. The third-order valence-electron chi connectivity index (χ3n) is 3.10. The van der Waals surface area contributed by atoms with Crippen LogP contribution < -0.4 is 0 Å². The second kappa shape index (κ2) is 6.45. The molecule has 1 saturated carbocycles. The highest BCUT2D eigenvalue weighted by Gasteiger charge is 2.28. The van der Waals surface area contributed by atoms with E-state index in [4.69, 9.17) is 5.11 Å². The van der Waals surface area contributed by atoms with Gasteiger partial charge in [-0.3, -0.25) is 0 Å². The normalized spacial score (nSPS) is 17.8. The van der Waals surface area contributed by atoms with Gasteiger partial charge in [0.2, 0.25) is 0 Å². The molecule has 0 aromatic carbocycles. The zero-order chi connectivity index (χ0) is 12.0. The van der Waals surface area contributed by atoms with Gasteiger partial charge in [-0.25, -0.2) is 0 Å². The molecule has 1 N–H and O–H groups in total. The fourth-order valence-electron chi connectivity index (χ4n) is 1.99. The van der Waals surface area contributed by atoms with Gasteiger partial charge in [0.05, 0.1) is 0 Å². The average Bonchev–Trinajstić information content (AvgIpc) is 2.08. The molecule has 0 unspecified atom stereocenters. The number of rotatable bonds is 7. The molecule has 2 nitrogen and oxygen atoms in total. The lowest BCUT2D eigenvalue weighted by atomic mass is 9.91. The first-order valence-electron chi connectivity index (χ1n) is 5.94. The third-order valence-corrected chi connectivity index (χ3v) is 3.10. The van der Waals surface area contributed by atoms with E-state index in [1.807, 2.05) is 0 Å². The summed E-state index contributed by atoms with van der Waals surface area (Å²) in [5.74, 6) is 0. The quantitative estimate of drug-likeness (QED) is 0.738. The summed E-state index contributed by atoms with van der Waals surface area (Å²) < 4.78 is 36.0. The SMILES string of the molecule is OCCCN(CCCC(F)(F)F)C1CCC1. The van der Waals surface area contributed by atoms with E-state index in [1.54, 1.807) is 0 Å². The molecule has 0 atom stereocenters. The van der Waals surface area contributed by atoms with E-state index in [1.165, 1.54) is 6.42 Å². The molecule has 1 rings (SSSR count). The highest BCUT2D eigenvalue weighted by Crippen LogP contribution is 2.27. The highest BCUT2D eigenvalue weighted by atomic mass is 19.4. The van der Waals surface area contributed by atoms with Crippen LogP contribution in [-0.4, -0.2) is 41.9 Å². The lowest BCUT2D eigenvalue weighted by molar-refractivity contribution is -0.136. The molecule has 0 heterocycles. The Labute approximate surface area is 94.4 Å². The van der Waals surface area contributed by atoms with Crippen molar-refractivity contribution in [3.63, 3.8) is 0 Å². The molecule has 0 radical (unpaired) electrons. The van der Waals surface area contributed by atoms with Gasteiger partial charge in [0.1, 0.15) is 0 Å². The molecular formula is C11H20F3NO. The van der Waals surface area contributed by atoms with Gasteiger partial charge in [-0.05, 0) is 32.2 Å². The number of halogens is 3. The van der Waals surface area contributed by atoms with Gasteiger partial charge in [-0.2, -0.15) is 13.2 Å². The number of aliphatic hydroxyl groups excluding tert-OH is 1. The lowest BCUT2D eigenvalue weighted by Gasteiger charge is -2.37. The van der Waals surface area contributed by atoms with Crippen LogP contribution in [0.2, 0.25) is 0 Å². The molecule has 96 valence electrons. The summed E-state index contributed by atoms with van der Waals surface area (Å²) in [5, 5.41) is 8.74. The van der Waals surface area contributed by atoms with Crippen LogP contribution in [0.3, 0.4) is 0 Å². The fraction of sp³-hybridized carbons (Fsp3) is 1.00. The molecule has 0 aliphatic heterocycles. The monoisotopic (exact) mass is 239 g/mol. The minimum Gasteiger partial charge on any atom is -0.396 e. The van der Waals surface area contributed by atoms with Gasteiger partial charge >= 0.3 is 6.18 Å². The zero-order valence-electron chi connectivity index (χ0n) is 9.47. The van der Waals surface area contributed by atoms with Crippen LogP contribution in [0.1, 0.15) is 38.5 Å². The van der Waals surface area contributed by atoms with Crippen molar-refractivity contribution >= 4 is 0 Å². The van der Waals surface area contributed by atoms with Gasteiger partial charge < -0.3 is 10.0 Å². The Balaban J connectivity index is 2.21. The Morgan fingerprint density at radius 1 is 1.12 bits per heavy atom. The second-order valence-corrected chi connectivity index (χ2v) is 4.42. The summed E-state index contributed by atoms with van der Waals surface area (Å²) in [7, 11) is 0. The Morgan fingerprint density at radius 3 is 2.19 bits per heavy atom. The minimum absolute atomic E-state index is 0.114. The van der Waals surface area contributed by atoms with Crippen molar-refractivity contribution in [2.75, 3.05) is 19.7 Å². The molecule has 1 aliphatic carbocycles. The predicted octanol–water partition coefficient (Wildman–Crippen LogP) is 2.57. The summed E-state index contributed by atoms with van der Waals surface area (Å²) in [4.78, 5) is 2.10. The van der Waals surface area contributed by atoms with Crippen LogP contribution in [0, 0.1) is 0 Å². The standard InChI is InChI=1S/C11H20F3NO/c12-11(13,14)6-2-7-15(8-3-9-16)10-4-1-5-10/h10,16H,1-9H2. The van der Waals surface area contributed by atoms with Gasteiger partial charge in [0.25, 0.3) is 0 Å². The van der Waals surface area contributed by atoms with E-state index in [0.717, 1.165) is 19.4 Å². The molecule has 1 fully saturated rings. The Bertz CT molecular complexity index is 192. The predicted molar refractivity (Wildman–Crippen MR) is 56.2 cm³/mol. The van der Waals surface area contributed by atoms with Gasteiger partial charge in [-0.15, -0.1) is 0 Å². The second-order valence-electron chi connectivity index (χ2n) is 4.42. The molecule has 0 bridgehead atoms. The molecule has 0 aromatic rings. The lowest BCUT2D eigenvalue weighted by Crippen LogP contribution is -2.41. The topological polar surface area (TPSA) is 23.5 Å². The van der Waals surface area contributed by atoms with E-state index in [-0.39, 0.29) is 13.0 Å². The maximum atomic E-state index is 12.0. The molecule has 16 heavy (non-hydrogen) atoms. The first-order chi connectivity index (χ1) is 7.53. The van der Waals surface area contributed by atoms with E-state index in [2.05, 4.69) is 4.90 Å². The largest absolute Gasteiger partial charge is 0.396 e. The molecular weight excluding hydrogens is 219 g/mol. The van der Waals surface area contributed by atoms with E-state index in [9.17, 15) is 13.2 Å². The van der Waals surface area contributed by atoms with E-state index >= 15 is 0 Å². The van der Waals surface area contributed by atoms with E-state index < -0.39 is 12.6 Å². The number of hydrogen-bond donors (Lipinski definition) is 1. The van der Waals surface area contributed by atoms with Crippen molar-refractivity contribution in [2.45, 2.75) is 50.7 Å². The van der Waals surface area contributed by atoms with Crippen LogP contribution in [0.15, 0.2) is 0 Å². The Hall–Kier alpha value is -0.290. The third kappa shape index (κ3) is 5.16. The van der Waals surface area contributed by atoms with E-state index in [0.29, 0.717) is 19.0 Å². The Kier molecular flexibility index (Phi) is 5.55. The van der Waals surface area contributed by atoms with Gasteiger partial charge in [0.15, 0.2) is 0 Å². The number of aliphatic hydroxyl groups is 1. The first kappa shape index (κ1) is 13.8. The first-order valence-corrected chi connectivity index (χ1v) is 5.94. The molecule has 0 saturated heterocycles. The molecule has 0 aromatic heterocycles. The minimum atomic E-state index is -4.04. The summed E-state index contributed by atoms with van der Waals surface area (Å²) in [6.45, 7) is 1.34. The van der Waals surface area contributed by atoms with Gasteiger partial charge in [-0.1, -0.05) is 6.42 Å². The molecule has 5 heteroatoms. The summed E-state index contributed by atoms with van der Waals surface area (Å²) in [6, 6.07) is 0.458. The summed E-state index contributed by atoms with van der Waals surface area (Å²) in [6.07, 6.45) is -0.542. The average molecular weight is 239 g/mol. The summed E-state index contributed by atoms with van der Waals surface area (Å²) in [5.41, 5.74) is 0. The molecule has 0 amide bonds. The molecule has 1 aliphatic rings. The summed E-state index contributed by atoms with van der Waals surface area (Å²) >= 11 is 0. The van der Waals surface area contributed by atoms with Crippen molar-refractivity contribution in [1.29, 1.82) is 0 Å². The van der Waals surface area contributed by atoms with Crippen LogP contribution in [0.25, 0.3) is 0 Å². The van der Waals surface area contributed by atoms with Gasteiger partial charge in [0, 0.05) is 25.6 Å². The van der Waals surface area contributed by atoms with Crippen molar-refractivity contribution in [1.82, 2.24) is 4.90 Å².